The van der Waals surface area contributed by atoms with Gasteiger partial charge in [-0.2, -0.15) is 5.10 Å². The third kappa shape index (κ3) is 4.88. The molecular formula is C24H18Cl2N4O4. The van der Waals surface area contributed by atoms with Gasteiger partial charge < -0.3 is 9.30 Å². The summed E-state index contributed by atoms with van der Waals surface area (Å²) in [6, 6.07) is 17.0. The Bertz CT molecular complexity index is 1430. The van der Waals surface area contributed by atoms with Crippen LogP contribution < -0.4 is 10.2 Å². The van der Waals surface area contributed by atoms with Crippen molar-refractivity contribution in [2.75, 3.05) is 7.11 Å². The number of nitrogens with zero attached hydrogens (tertiary/aromatic N) is 3. The van der Waals surface area contributed by atoms with Crippen molar-refractivity contribution < 1.29 is 14.5 Å². The first-order valence-electron chi connectivity index (χ1n) is 10.0. The number of nitro benzene ring substituents is 1. The number of ether oxygens (including phenoxy) is 1. The first-order valence-corrected chi connectivity index (χ1v) is 10.8. The number of carbonyl (C=O) groups is 1. The van der Waals surface area contributed by atoms with Gasteiger partial charge in [-0.15, -0.1) is 0 Å². The zero-order chi connectivity index (χ0) is 24.2. The molecule has 0 fully saturated rings. The highest BCUT2D eigenvalue weighted by atomic mass is 35.5. The van der Waals surface area contributed by atoms with Gasteiger partial charge in [-0.05, 0) is 29.8 Å². The molecule has 0 saturated carbocycles. The average Bonchev–Trinajstić information content (AvgIpc) is 3.18. The van der Waals surface area contributed by atoms with E-state index < -0.39 is 10.8 Å². The fourth-order valence-electron chi connectivity index (χ4n) is 3.55. The molecule has 0 aliphatic carbocycles. The average molecular weight is 497 g/mol. The molecule has 0 atom stereocenters. The number of benzene rings is 3. The molecule has 10 heteroatoms. The summed E-state index contributed by atoms with van der Waals surface area (Å²) in [6.07, 6.45) is 3.44. The molecule has 0 spiro atoms. The van der Waals surface area contributed by atoms with Gasteiger partial charge in [-0.3, -0.25) is 14.9 Å². The molecule has 4 rings (SSSR count). The minimum atomic E-state index is -0.628. The van der Waals surface area contributed by atoms with E-state index in [1.807, 2.05) is 47.2 Å². The van der Waals surface area contributed by atoms with E-state index in [4.69, 9.17) is 27.9 Å². The monoisotopic (exact) mass is 496 g/mol. The third-order valence-electron chi connectivity index (χ3n) is 5.16. The molecule has 4 aromatic rings. The summed E-state index contributed by atoms with van der Waals surface area (Å²) >= 11 is 12.2. The van der Waals surface area contributed by atoms with E-state index >= 15 is 0 Å². The molecule has 1 aromatic heterocycles. The molecule has 34 heavy (non-hydrogen) atoms. The molecule has 1 N–H and O–H groups in total. The first kappa shape index (κ1) is 23.3. The molecule has 0 unspecified atom stereocenters. The van der Waals surface area contributed by atoms with Crippen molar-refractivity contribution in [1.82, 2.24) is 9.99 Å². The lowest BCUT2D eigenvalue weighted by atomic mass is 10.1. The van der Waals surface area contributed by atoms with Crippen LogP contribution in [-0.2, 0) is 6.54 Å². The molecule has 3 aromatic carbocycles. The fraction of sp³-hybridized carbons (Fsp3) is 0.0833. The Morgan fingerprint density at radius 2 is 1.94 bits per heavy atom. The maximum Gasteiger partial charge on any atom is 0.275 e. The summed E-state index contributed by atoms with van der Waals surface area (Å²) in [5, 5.41) is 17.0. The van der Waals surface area contributed by atoms with Gasteiger partial charge in [-0.25, -0.2) is 5.43 Å². The smallest absolute Gasteiger partial charge is 0.275 e. The third-order valence-corrected chi connectivity index (χ3v) is 5.90. The highest BCUT2D eigenvalue weighted by Crippen LogP contribution is 2.26. The predicted molar refractivity (Wildman–Crippen MR) is 132 cm³/mol. The van der Waals surface area contributed by atoms with E-state index in [0.717, 1.165) is 28.1 Å². The number of fused-ring (bicyclic) bond motifs is 1. The Balaban J connectivity index is 1.58. The number of amides is 1. The van der Waals surface area contributed by atoms with E-state index in [9.17, 15) is 14.9 Å². The van der Waals surface area contributed by atoms with Crippen molar-refractivity contribution >= 4 is 51.9 Å². The number of hydrogen-bond acceptors (Lipinski definition) is 5. The second-order valence-electron chi connectivity index (χ2n) is 7.32. The molecule has 0 aliphatic rings. The van der Waals surface area contributed by atoms with Crippen LogP contribution in [0.15, 0.2) is 72.0 Å². The summed E-state index contributed by atoms with van der Waals surface area (Å²) in [4.78, 5) is 23.1. The van der Waals surface area contributed by atoms with E-state index in [-0.39, 0.29) is 17.0 Å². The van der Waals surface area contributed by atoms with Gasteiger partial charge in [0, 0.05) is 41.3 Å². The van der Waals surface area contributed by atoms with Crippen molar-refractivity contribution in [1.29, 1.82) is 0 Å². The summed E-state index contributed by atoms with van der Waals surface area (Å²) in [5.74, 6) is -0.423. The van der Waals surface area contributed by atoms with Crippen molar-refractivity contribution in [3.8, 4) is 5.75 Å². The highest BCUT2D eigenvalue weighted by molar-refractivity contribution is 6.42. The van der Waals surface area contributed by atoms with Crippen molar-refractivity contribution in [3.05, 3.63) is 104 Å². The minimum absolute atomic E-state index is 0.0101. The maximum atomic E-state index is 12.6. The number of para-hydroxylation sites is 1. The number of non-ortho nitro benzene ring substituents is 1. The number of methoxy groups -OCH3 is 1. The normalized spacial score (nSPS) is 11.1. The Morgan fingerprint density at radius 3 is 2.68 bits per heavy atom. The summed E-state index contributed by atoms with van der Waals surface area (Å²) in [6.45, 7) is 0.558. The number of nitrogens with one attached hydrogen (secondary N) is 1. The Kier molecular flexibility index (Phi) is 6.81. The van der Waals surface area contributed by atoms with E-state index in [2.05, 4.69) is 10.5 Å². The van der Waals surface area contributed by atoms with Crippen LogP contribution in [0.1, 0.15) is 21.5 Å². The second kappa shape index (κ2) is 9.94. The van der Waals surface area contributed by atoms with Crippen molar-refractivity contribution in [2.24, 2.45) is 5.10 Å². The lowest BCUT2D eigenvalue weighted by Crippen LogP contribution is -2.18. The Morgan fingerprint density at radius 1 is 1.15 bits per heavy atom. The summed E-state index contributed by atoms with van der Waals surface area (Å²) in [5.41, 5.74) is 4.93. The molecule has 1 heterocycles. The van der Waals surface area contributed by atoms with Gasteiger partial charge in [0.05, 0.1) is 33.9 Å². The molecule has 0 aliphatic heterocycles. The zero-order valence-electron chi connectivity index (χ0n) is 17.9. The van der Waals surface area contributed by atoms with Crippen LogP contribution in [0, 0.1) is 10.1 Å². The lowest BCUT2D eigenvalue weighted by Gasteiger charge is -2.06. The summed E-state index contributed by atoms with van der Waals surface area (Å²) < 4.78 is 7.19. The number of nitro groups is 1. The number of rotatable bonds is 7. The van der Waals surface area contributed by atoms with Gasteiger partial charge in [0.25, 0.3) is 11.6 Å². The molecule has 0 saturated heterocycles. The molecule has 1 amide bonds. The van der Waals surface area contributed by atoms with Crippen LogP contribution in [0.5, 0.6) is 5.75 Å². The van der Waals surface area contributed by atoms with Crippen LogP contribution >= 0.6 is 23.2 Å². The largest absolute Gasteiger partial charge is 0.496 e. The standard InChI is InChI=1S/C24H18Cl2N4O4/c1-34-23-9-7-17(30(32)33)11-19(23)24(31)28-27-12-16-14-29(22-5-3-2-4-18(16)22)13-15-6-8-20(25)21(26)10-15/h2-12,14H,13H2,1H3,(H,28,31)/b27-12-. The molecule has 0 radical (unpaired) electrons. The number of hydrogen-bond donors (Lipinski definition) is 1. The van der Waals surface area contributed by atoms with E-state index in [0.29, 0.717) is 16.6 Å². The molecule has 0 bridgehead atoms. The van der Waals surface area contributed by atoms with Crippen molar-refractivity contribution in [2.45, 2.75) is 6.54 Å². The SMILES string of the molecule is COc1ccc([N+](=O)[O-])cc1C(=O)N/N=C\c1cn(Cc2ccc(Cl)c(Cl)c2)c2ccccc12. The topological polar surface area (TPSA) is 98.8 Å². The summed E-state index contributed by atoms with van der Waals surface area (Å²) in [7, 11) is 1.38. The maximum absolute atomic E-state index is 12.6. The quantitative estimate of drug-likeness (QED) is 0.202. The van der Waals surface area contributed by atoms with E-state index in [1.54, 1.807) is 6.07 Å². The molecular weight excluding hydrogens is 479 g/mol. The zero-order valence-corrected chi connectivity index (χ0v) is 19.4. The molecule has 8 nitrogen and oxygen atoms in total. The van der Waals surface area contributed by atoms with E-state index in [1.165, 1.54) is 25.5 Å². The van der Waals surface area contributed by atoms with Gasteiger partial charge in [0.15, 0.2) is 0 Å². The lowest BCUT2D eigenvalue weighted by molar-refractivity contribution is -0.384. The minimum Gasteiger partial charge on any atom is -0.496 e. The van der Waals surface area contributed by atoms with Crippen LogP contribution in [0.2, 0.25) is 10.0 Å². The number of carbonyl (C=O) groups excluding carboxylic acids is 1. The predicted octanol–water partition coefficient (Wildman–Crippen LogP) is 5.68. The van der Waals surface area contributed by atoms with Gasteiger partial charge in [0.2, 0.25) is 0 Å². The van der Waals surface area contributed by atoms with Crippen molar-refractivity contribution in [3.63, 3.8) is 0 Å². The number of hydrazone groups is 1. The highest BCUT2D eigenvalue weighted by Gasteiger charge is 2.17. The second-order valence-corrected chi connectivity index (χ2v) is 8.13. The number of aromatic nitrogens is 1. The van der Waals surface area contributed by atoms with Crippen LogP contribution in [0.3, 0.4) is 0 Å². The van der Waals surface area contributed by atoms with Crippen LogP contribution in [0.25, 0.3) is 10.9 Å². The van der Waals surface area contributed by atoms with Crippen LogP contribution in [0.4, 0.5) is 5.69 Å². The Labute approximate surface area is 204 Å². The first-order chi connectivity index (χ1) is 16.4. The van der Waals surface area contributed by atoms with Gasteiger partial charge >= 0.3 is 0 Å². The van der Waals surface area contributed by atoms with Crippen LogP contribution in [-0.4, -0.2) is 28.7 Å². The Hall–Kier alpha value is -3.88. The fourth-order valence-corrected chi connectivity index (χ4v) is 3.87. The molecule has 172 valence electrons. The van der Waals surface area contributed by atoms with Gasteiger partial charge in [-0.1, -0.05) is 47.5 Å². The van der Waals surface area contributed by atoms with Gasteiger partial charge in [0.1, 0.15) is 5.75 Å². The number of halogens is 2.